The number of hydrogen-bond acceptors (Lipinski definition) is 7. The fraction of sp³-hybridized carbons (Fsp3) is 0.545. The molecule has 21 heavy (non-hydrogen) atoms. The molecule has 10 nitrogen and oxygen atoms in total. The van der Waals surface area contributed by atoms with E-state index in [1.165, 1.54) is 12.4 Å². The van der Waals surface area contributed by atoms with Crippen LogP contribution in [0.15, 0.2) is 12.4 Å². The first-order valence-electron chi connectivity index (χ1n) is 6.65. The van der Waals surface area contributed by atoms with Crippen LogP contribution < -0.4 is 0 Å². The highest BCUT2D eigenvalue weighted by molar-refractivity contribution is 5.78. The van der Waals surface area contributed by atoms with Gasteiger partial charge in [0.15, 0.2) is 5.69 Å². The van der Waals surface area contributed by atoms with Gasteiger partial charge in [-0.1, -0.05) is 31.4 Å². The first-order valence-corrected chi connectivity index (χ1v) is 6.65. The van der Waals surface area contributed by atoms with Crippen molar-refractivity contribution in [1.82, 2.24) is 30.0 Å². The maximum atomic E-state index is 12.2. The molecule has 2 heterocycles. The van der Waals surface area contributed by atoms with Crippen molar-refractivity contribution in [1.29, 1.82) is 0 Å². The van der Waals surface area contributed by atoms with E-state index in [1.54, 1.807) is 0 Å². The molecule has 0 fully saturated rings. The smallest absolute Gasteiger partial charge is 0.358 e. The number of nitrogens with zero attached hydrogens (tertiary/aromatic N) is 7. The van der Waals surface area contributed by atoms with E-state index in [0.717, 1.165) is 35.0 Å². The quantitative estimate of drug-likeness (QED) is 0.448. The molecule has 112 valence electrons. The minimum Gasteiger partial charge on any atom is -0.358 e. The third-order valence-electron chi connectivity index (χ3n) is 2.98. The molecule has 0 atom stereocenters. The van der Waals surface area contributed by atoms with Gasteiger partial charge >= 0.3 is 11.8 Å². The predicted molar refractivity (Wildman–Crippen MR) is 70.7 cm³/mol. The van der Waals surface area contributed by atoms with Crippen LogP contribution in [0.4, 0.5) is 10.6 Å². The van der Waals surface area contributed by atoms with Gasteiger partial charge in [0.25, 0.3) is 0 Å². The zero-order valence-electron chi connectivity index (χ0n) is 11.5. The van der Waals surface area contributed by atoms with Crippen molar-refractivity contribution in [2.45, 2.75) is 39.0 Å². The Balaban J connectivity index is 2.24. The van der Waals surface area contributed by atoms with Crippen molar-refractivity contribution in [2.24, 2.45) is 0 Å². The van der Waals surface area contributed by atoms with Crippen LogP contribution in [0.2, 0.25) is 0 Å². The summed E-state index contributed by atoms with van der Waals surface area (Å²) >= 11 is 0. The normalized spacial score (nSPS) is 10.7. The van der Waals surface area contributed by atoms with Gasteiger partial charge in [-0.25, -0.2) is 4.79 Å². The second-order valence-electron chi connectivity index (χ2n) is 4.47. The van der Waals surface area contributed by atoms with Crippen molar-refractivity contribution in [3.05, 3.63) is 28.2 Å². The molecule has 0 aliphatic heterocycles. The molecule has 0 aromatic carbocycles. The van der Waals surface area contributed by atoms with Gasteiger partial charge in [-0.2, -0.15) is 4.68 Å². The second-order valence-corrected chi connectivity index (χ2v) is 4.47. The third-order valence-corrected chi connectivity index (χ3v) is 2.98. The van der Waals surface area contributed by atoms with Gasteiger partial charge in [0.1, 0.15) is 5.10 Å². The Labute approximate surface area is 119 Å². The van der Waals surface area contributed by atoms with E-state index < -0.39 is 11.0 Å². The number of rotatable bonds is 6. The van der Waals surface area contributed by atoms with Gasteiger partial charge in [-0.05, 0) is 17.8 Å². The molecule has 0 saturated carbocycles. The molecular weight excluding hydrogens is 278 g/mol. The highest BCUT2D eigenvalue weighted by Gasteiger charge is 2.27. The van der Waals surface area contributed by atoms with Crippen LogP contribution in [0.25, 0.3) is 0 Å². The Bertz CT molecular complexity index is 620. The molecule has 0 amide bonds. The number of carbonyl (C=O) groups excluding carboxylic acids is 1. The van der Waals surface area contributed by atoms with Crippen LogP contribution in [0.3, 0.4) is 0 Å². The SMILES string of the molecule is CCCCCCc1c([N+](=O)[O-])nnn1C(=O)n1ccnn1. The zero-order valence-corrected chi connectivity index (χ0v) is 11.5. The fourth-order valence-corrected chi connectivity index (χ4v) is 1.93. The van der Waals surface area contributed by atoms with Crippen LogP contribution in [-0.2, 0) is 6.42 Å². The van der Waals surface area contributed by atoms with Gasteiger partial charge in [0.05, 0.1) is 17.6 Å². The molecule has 0 spiro atoms. The number of nitro groups is 1. The molecule has 2 aromatic heterocycles. The Morgan fingerprint density at radius 1 is 1.33 bits per heavy atom. The van der Waals surface area contributed by atoms with Gasteiger partial charge in [-0.15, -0.1) is 9.78 Å². The average Bonchev–Trinajstić information content (AvgIpc) is 3.12. The van der Waals surface area contributed by atoms with E-state index in [1.807, 2.05) is 0 Å². The van der Waals surface area contributed by atoms with Crippen LogP contribution in [-0.4, -0.2) is 40.9 Å². The predicted octanol–water partition coefficient (Wildman–Crippen LogP) is 1.42. The van der Waals surface area contributed by atoms with E-state index in [2.05, 4.69) is 27.5 Å². The Hall–Kier alpha value is -2.65. The van der Waals surface area contributed by atoms with Gasteiger partial charge in [0.2, 0.25) is 0 Å². The van der Waals surface area contributed by atoms with Crippen LogP contribution >= 0.6 is 0 Å². The summed E-state index contributed by atoms with van der Waals surface area (Å²) in [7, 11) is 0. The topological polar surface area (TPSA) is 122 Å². The van der Waals surface area contributed by atoms with Crippen molar-refractivity contribution in [3.63, 3.8) is 0 Å². The lowest BCUT2D eigenvalue weighted by molar-refractivity contribution is -0.390. The lowest BCUT2D eigenvalue weighted by Crippen LogP contribution is -2.23. The third kappa shape index (κ3) is 3.27. The highest BCUT2D eigenvalue weighted by atomic mass is 16.6. The first-order chi connectivity index (χ1) is 10.1. The number of carbonyl (C=O) groups is 1. The summed E-state index contributed by atoms with van der Waals surface area (Å²) < 4.78 is 1.87. The second kappa shape index (κ2) is 6.68. The van der Waals surface area contributed by atoms with Crippen LogP contribution in [0, 0.1) is 10.1 Å². The van der Waals surface area contributed by atoms with Crippen molar-refractivity contribution in [2.75, 3.05) is 0 Å². The highest BCUT2D eigenvalue weighted by Crippen LogP contribution is 2.18. The minimum absolute atomic E-state index is 0.191. The maximum absolute atomic E-state index is 12.2. The van der Waals surface area contributed by atoms with E-state index in [9.17, 15) is 14.9 Å². The Kier molecular flexibility index (Phi) is 4.69. The summed E-state index contributed by atoms with van der Waals surface area (Å²) in [5.41, 5.74) is 0.191. The molecule has 10 heteroatoms. The average molecular weight is 293 g/mol. The lowest BCUT2D eigenvalue weighted by Gasteiger charge is -2.03. The van der Waals surface area contributed by atoms with Gasteiger partial charge in [0, 0.05) is 0 Å². The van der Waals surface area contributed by atoms with E-state index >= 15 is 0 Å². The fourth-order valence-electron chi connectivity index (χ4n) is 1.93. The molecule has 2 rings (SSSR count). The van der Waals surface area contributed by atoms with Crippen molar-refractivity contribution >= 4 is 11.8 Å². The standard InChI is InChI=1S/C11H15N7O3/c1-2-3-4-5-6-9-10(18(20)21)13-15-17(9)11(19)16-8-7-12-14-16/h7-8H,2-6H2,1H3. The molecule has 0 aliphatic carbocycles. The van der Waals surface area contributed by atoms with E-state index in [4.69, 9.17) is 0 Å². The van der Waals surface area contributed by atoms with E-state index in [0.29, 0.717) is 6.42 Å². The largest absolute Gasteiger partial charge is 0.414 e. The Morgan fingerprint density at radius 3 is 2.76 bits per heavy atom. The van der Waals surface area contributed by atoms with Crippen LogP contribution in [0.5, 0.6) is 0 Å². The molecule has 0 unspecified atom stereocenters. The molecule has 0 aliphatic rings. The monoisotopic (exact) mass is 293 g/mol. The first kappa shape index (κ1) is 14.8. The van der Waals surface area contributed by atoms with Gasteiger partial charge in [-0.3, -0.25) is 0 Å². The lowest BCUT2D eigenvalue weighted by atomic mass is 10.1. The molecule has 0 bridgehead atoms. The summed E-state index contributed by atoms with van der Waals surface area (Å²) in [6.07, 6.45) is 6.79. The summed E-state index contributed by atoms with van der Waals surface area (Å²) in [6, 6.07) is -0.640. The van der Waals surface area contributed by atoms with Crippen LogP contribution in [0.1, 0.15) is 38.3 Å². The number of hydrogen-bond donors (Lipinski definition) is 0. The summed E-state index contributed by atoms with van der Waals surface area (Å²) in [6.45, 7) is 2.07. The molecule has 0 N–H and O–H groups in total. The molecular formula is C11H15N7O3. The number of aromatic nitrogens is 6. The number of unbranched alkanes of at least 4 members (excludes halogenated alkanes) is 3. The summed E-state index contributed by atoms with van der Waals surface area (Å²) in [5, 5.41) is 25.1. The molecule has 2 aromatic rings. The Morgan fingerprint density at radius 2 is 2.14 bits per heavy atom. The van der Waals surface area contributed by atoms with Gasteiger partial charge < -0.3 is 10.1 Å². The zero-order chi connectivity index (χ0) is 15.2. The summed E-state index contributed by atoms with van der Waals surface area (Å²) in [4.78, 5) is 22.5. The van der Waals surface area contributed by atoms with Crippen molar-refractivity contribution in [3.8, 4) is 0 Å². The maximum Gasteiger partial charge on any atom is 0.414 e. The van der Waals surface area contributed by atoms with Crippen molar-refractivity contribution < 1.29 is 9.72 Å². The summed E-state index contributed by atoms with van der Waals surface area (Å²) in [5.74, 6) is -0.389. The molecule has 0 saturated heterocycles. The minimum atomic E-state index is -0.640. The molecule has 0 radical (unpaired) electrons. The van der Waals surface area contributed by atoms with E-state index in [-0.39, 0.29) is 11.5 Å².